The predicted molar refractivity (Wildman–Crippen MR) is 119 cm³/mol. The molecular formula is C23H25N5O2. The number of hydrogen-bond acceptors (Lipinski definition) is 4. The highest BCUT2D eigenvalue weighted by Crippen LogP contribution is 2.21. The minimum atomic E-state index is -0.378. The summed E-state index contributed by atoms with van der Waals surface area (Å²) in [5.74, 6) is 0.327. The van der Waals surface area contributed by atoms with Gasteiger partial charge in [0, 0.05) is 18.5 Å². The van der Waals surface area contributed by atoms with Crippen molar-refractivity contribution >= 4 is 33.7 Å². The average molecular weight is 403 g/mol. The second kappa shape index (κ2) is 8.10. The Hall–Kier alpha value is -3.48. The SMILES string of the molecule is CCCn1c(NC(=O)c2nn(CC(C)C)c(=O)c3ccccc23)nc2ccccc21. The third-order valence-electron chi connectivity index (χ3n) is 4.95. The molecule has 7 heteroatoms. The van der Waals surface area contributed by atoms with Gasteiger partial charge in [-0.1, -0.05) is 51.1 Å². The van der Waals surface area contributed by atoms with Gasteiger partial charge in [-0.05, 0) is 30.5 Å². The maximum atomic E-state index is 13.3. The lowest BCUT2D eigenvalue weighted by Crippen LogP contribution is -2.29. The molecule has 0 aliphatic rings. The number of aryl methyl sites for hydroxylation is 1. The molecule has 0 saturated carbocycles. The van der Waals surface area contributed by atoms with Gasteiger partial charge in [-0.15, -0.1) is 0 Å². The van der Waals surface area contributed by atoms with Crippen LogP contribution in [0.15, 0.2) is 53.3 Å². The predicted octanol–water partition coefficient (Wildman–Crippen LogP) is 4.06. The third kappa shape index (κ3) is 3.58. The lowest BCUT2D eigenvalue weighted by atomic mass is 10.1. The van der Waals surface area contributed by atoms with Crippen molar-refractivity contribution in [1.82, 2.24) is 19.3 Å². The molecule has 0 saturated heterocycles. The molecule has 2 heterocycles. The molecule has 2 aromatic carbocycles. The number of benzene rings is 2. The Bertz CT molecular complexity index is 1290. The lowest BCUT2D eigenvalue weighted by molar-refractivity contribution is 0.102. The number of imidazole rings is 1. The zero-order valence-electron chi connectivity index (χ0n) is 17.4. The highest BCUT2D eigenvalue weighted by Gasteiger charge is 2.20. The number of amides is 1. The van der Waals surface area contributed by atoms with Crippen LogP contribution in [0.25, 0.3) is 21.8 Å². The smallest absolute Gasteiger partial charge is 0.279 e. The van der Waals surface area contributed by atoms with Gasteiger partial charge in [0.1, 0.15) is 0 Å². The van der Waals surface area contributed by atoms with Crippen LogP contribution in [0.5, 0.6) is 0 Å². The van der Waals surface area contributed by atoms with E-state index in [9.17, 15) is 9.59 Å². The van der Waals surface area contributed by atoms with Crippen LogP contribution in [-0.2, 0) is 13.1 Å². The van der Waals surface area contributed by atoms with Crippen molar-refractivity contribution in [3.63, 3.8) is 0 Å². The molecule has 0 aliphatic heterocycles. The van der Waals surface area contributed by atoms with E-state index in [1.54, 1.807) is 24.3 Å². The molecule has 0 aliphatic carbocycles. The van der Waals surface area contributed by atoms with Gasteiger partial charge in [0.05, 0.1) is 16.4 Å². The Kier molecular flexibility index (Phi) is 5.35. The van der Waals surface area contributed by atoms with Crippen molar-refractivity contribution in [2.24, 2.45) is 5.92 Å². The molecule has 0 fully saturated rings. The normalized spacial score (nSPS) is 11.5. The number of rotatable bonds is 6. The van der Waals surface area contributed by atoms with Crippen molar-refractivity contribution in [3.8, 4) is 0 Å². The van der Waals surface area contributed by atoms with Gasteiger partial charge in [-0.3, -0.25) is 14.9 Å². The minimum Gasteiger partial charge on any atom is -0.310 e. The molecule has 1 amide bonds. The monoisotopic (exact) mass is 403 g/mol. The summed E-state index contributed by atoms with van der Waals surface area (Å²) in [4.78, 5) is 30.7. The largest absolute Gasteiger partial charge is 0.310 e. The van der Waals surface area contributed by atoms with E-state index in [1.165, 1.54) is 4.68 Å². The van der Waals surface area contributed by atoms with Crippen LogP contribution >= 0.6 is 0 Å². The molecule has 0 atom stereocenters. The number of para-hydroxylation sites is 2. The molecule has 0 spiro atoms. The van der Waals surface area contributed by atoms with E-state index in [0.29, 0.717) is 23.3 Å². The van der Waals surface area contributed by atoms with Crippen LogP contribution in [0, 0.1) is 5.92 Å². The van der Waals surface area contributed by atoms with Gasteiger partial charge >= 0.3 is 0 Å². The first kappa shape index (κ1) is 19.8. The molecule has 4 aromatic rings. The Morgan fingerprint density at radius 1 is 1.07 bits per heavy atom. The molecule has 30 heavy (non-hydrogen) atoms. The van der Waals surface area contributed by atoms with Crippen molar-refractivity contribution < 1.29 is 4.79 Å². The minimum absolute atomic E-state index is 0.186. The summed E-state index contributed by atoms with van der Waals surface area (Å²) in [6.45, 7) is 7.28. The molecule has 0 radical (unpaired) electrons. The first-order valence-corrected chi connectivity index (χ1v) is 10.3. The number of carbonyl (C=O) groups excluding carboxylic acids is 1. The van der Waals surface area contributed by atoms with Gasteiger partial charge in [0.2, 0.25) is 5.95 Å². The lowest BCUT2D eigenvalue weighted by Gasteiger charge is -2.13. The summed E-state index contributed by atoms with van der Waals surface area (Å²) < 4.78 is 3.39. The van der Waals surface area contributed by atoms with E-state index < -0.39 is 0 Å². The Balaban J connectivity index is 1.81. The summed E-state index contributed by atoms with van der Waals surface area (Å²) in [6.07, 6.45) is 0.906. The topological polar surface area (TPSA) is 81.8 Å². The van der Waals surface area contributed by atoms with Gasteiger partial charge in [-0.2, -0.15) is 5.10 Å². The van der Waals surface area contributed by atoms with E-state index in [0.717, 1.165) is 24.0 Å². The van der Waals surface area contributed by atoms with Crippen LogP contribution in [0.3, 0.4) is 0 Å². The summed E-state index contributed by atoms with van der Waals surface area (Å²) in [5, 5.41) is 8.38. The maximum Gasteiger partial charge on any atom is 0.279 e. The van der Waals surface area contributed by atoms with Crippen molar-refractivity contribution in [1.29, 1.82) is 0 Å². The Labute approximate surface area is 174 Å². The molecule has 0 unspecified atom stereocenters. The second-order valence-electron chi connectivity index (χ2n) is 7.81. The number of fused-ring (bicyclic) bond motifs is 2. The fourth-order valence-corrected chi connectivity index (χ4v) is 3.65. The number of carbonyl (C=O) groups is 1. The van der Waals surface area contributed by atoms with E-state index in [2.05, 4.69) is 22.3 Å². The van der Waals surface area contributed by atoms with Crippen LogP contribution < -0.4 is 10.9 Å². The van der Waals surface area contributed by atoms with Crippen LogP contribution in [0.4, 0.5) is 5.95 Å². The first-order valence-electron chi connectivity index (χ1n) is 10.3. The van der Waals surface area contributed by atoms with Crippen LogP contribution in [-0.4, -0.2) is 25.2 Å². The number of nitrogens with one attached hydrogen (secondary N) is 1. The molecule has 1 N–H and O–H groups in total. The summed E-state index contributed by atoms with van der Waals surface area (Å²) in [7, 11) is 0. The first-order chi connectivity index (χ1) is 14.5. The highest BCUT2D eigenvalue weighted by atomic mass is 16.2. The van der Waals surface area contributed by atoms with E-state index >= 15 is 0 Å². The quantitative estimate of drug-likeness (QED) is 0.526. The summed E-state index contributed by atoms with van der Waals surface area (Å²) >= 11 is 0. The standard InChI is InChI=1S/C23H25N5O2/c1-4-13-27-19-12-8-7-11-18(19)24-23(27)25-21(29)20-16-9-5-6-10-17(16)22(30)28(26-20)14-15(2)3/h5-12,15H,4,13-14H2,1-3H3,(H,24,25,29). The van der Waals surface area contributed by atoms with Gasteiger partial charge in [0.15, 0.2) is 5.69 Å². The van der Waals surface area contributed by atoms with Crippen LogP contribution in [0.1, 0.15) is 37.7 Å². The third-order valence-corrected chi connectivity index (χ3v) is 4.95. The van der Waals surface area contributed by atoms with Crippen molar-refractivity contribution in [2.45, 2.75) is 40.3 Å². The number of nitrogens with zero attached hydrogens (tertiary/aromatic N) is 4. The van der Waals surface area contributed by atoms with Crippen LogP contribution in [0.2, 0.25) is 0 Å². The highest BCUT2D eigenvalue weighted by molar-refractivity contribution is 6.10. The Morgan fingerprint density at radius 2 is 1.77 bits per heavy atom. The molecule has 4 rings (SSSR count). The number of aromatic nitrogens is 4. The van der Waals surface area contributed by atoms with Crippen molar-refractivity contribution in [2.75, 3.05) is 5.32 Å². The molecule has 154 valence electrons. The summed E-state index contributed by atoms with van der Waals surface area (Å²) in [5.41, 5.74) is 1.83. The van der Waals surface area contributed by atoms with Crippen molar-refractivity contribution in [3.05, 3.63) is 64.6 Å². The summed E-state index contributed by atoms with van der Waals surface area (Å²) in [6, 6.07) is 14.9. The fraction of sp³-hybridized carbons (Fsp3) is 0.304. The molecular weight excluding hydrogens is 378 g/mol. The van der Waals surface area contributed by atoms with E-state index in [4.69, 9.17) is 0 Å². The zero-order chi connectivity index (χ0) is 21.3. The van der Waals surface area contributed by atoms with Gasteiger partial charge < -0.3 is 4.57 Å². The van der Waals surface area contributed by atoms with E-state index in [-0.39, 0.29) is 23.1 Å². The number of hydrogen-bond donors (Lipinski definition) is 1. The maximum absolute atomic E-state index is 13.3. The second-order valence-corrected chi connectivity index (χ2v) is 7.81. The molecule has 7 nitrogen and oxygen atoms in total. The van der Waals surface area contributed by atoms with Gasteiger partial charge in [0.25, 0.3) is 11.5 Å². The number of anilines is 1. The molecule has 2 aromatic heterocycles. The molecule has 0 bridgehead atoms. The van der Waals surface area contributed by atoms with Gasteiger partial charge in [-0.25, -0.2) is 9.67 Å². The van der Waals surface area contributed by atoms with E-state index in [1.807, 2.05) is 42.7 Å². The Morgan fingerprint density at radius 3 is 2.50 bits per heavy atom. The zero-order valence-corrected chi connectivity index (χ0v) is 17.4. The fourth-order valence-electron chi connectivity index (χ4n) is 3.65. The average Bonchev–Trinajstić information content (AvgIpc) is 3.07.